The Morgan fingerprint density at radius 1 is 1.27 bits per heavy atom. The highest BCUT2D eigenvalue weighted by atomic mass is 35.5. The standard InChI is InChI=1S/C9H7ClN2O2S/c1-15(13,14)9-5-11-8-4-6(10)2-3-7(8)12-9/h2-5H,1H3. The van der Waals surface area contributed by atoms with E-state index in [1.165, 1.54) is 6.20 Å². The van der Waals surface area contributed by atoms with Crippen LogP contribution in [0.15, 0.2) is 29.4 Å². The number of rotatable bonds is 1. The van der Waals surface area contributed by atoms with Crippen molar-refractivity contribution in [2.45, 2.75) is 5.03 Å². The van der Waals surface area contributed by atoms with Crippen molar-refractivity contribution >= 4 is 32.5 Å². The molecule has 0 bridgehead atoms. The summed E-state index contributed by atoms with van der Waals surface area (Å²) in [6.07, 6.45) is 2.33. The molecule has 0 fully saturated rings. The van der Waals surface area contributed by atoms with Gasteiger partial charge >= 0.3 is 0 Å². The average molecular weight is 243 g/mol. The lowest BCUT2D eigenvalue weighted by molar-refractivity contribution is 0.598. The summed E-state index contributed by atoms with van der Waals surface area (Å²) < 4.78 is 22.4. The van der Waals surface area contributed by atoms with Crippen LogP contribution in [0.2, 0.25) is 5.02 Å². The summed E-state index contributed by atoms with van der Waals surface area (Å²) in [6.45, 7) is 0. The van der Waals surface area contributed by atoms with E-state index < -0.39 is 9.84 Å². The summed E-state index contributed by atoms with van der Waals surface area (Å²) in [5.41, 5.74) is 1.09. The zero-order chi connectivity index (χ0) is 11.1. The Morgan fingerprint density at radius 3 is 2.67 bits per heavy atom. The number of hydrogen-bond donors (Lipinski definition) is 0. The van der Waals surface area contributed by atoms with E-state index in [-0.39, 0.29) is 5.03 Å². The van der Waals surface area contributed by atoms with E-state index in [9.17, 15) is 8.42 Å². The van der Waals surface area contributed by atoms with Crippen LogP contribution in [0, 0.1) is 0 Å². The van der Waals surface area contributed by atoms with Crippen molar-refractivity contribution in [3.05, 3.63) is 29.4 Å². The fourth-order valence-electron chi connectivity index (χ4n) is 1.15. The van der Waals surface area contributed by atoms with Crippen LogP contribution < -0.4 is 0 Å². The molecule has 0 aliphatic carbocycles. The Labute approximate surface area is 91.8 Å². The molecule has 1 aromatic carbocycles. The molecule has 2 aromatic rings. The Morgan fingerprint density at radius 2 is 2.00 bits per heavy atom. The van der Waals surface area contributed by atoms with Crippen LogP contribution in [0.5, 0.6) is 0 Å². The number of halogens is 1. The van der Waals surface area contributed by atoms with Crippen LogP contribution in [0.25, 0.3) is 11.0 Å². The highest BCUT2D eigenvalue weighted by Gasteiger charge is 2.10. The molecule has 6 heteroatoms. The van der Waals surface area contributed by atoms with E-state index in [0.717, 1.165) is 6.26 Å². The first-order valence-corrected chi connectivity index (χ1v) is 6.36. The number of fused-ring (bicyclic) bond motifs is 1. The van der Waals surface area contributed by atoms with Crippen LogP contribution >= 0.6 is 11.6 Å². The van der Waals surface area contributed by atoms with Gasteiger partial charge in [-0.2, -0.15) is 0 Å². The van der Waals surface area contributed by atoms with Gasteiger partial charge in [0, 0.05) is 11.3 Å². The van der Waals surface area contributed by atoms with E-state index in [1.807, 2.05) is 0 Å². The molecule has 1 aromatic heterocycles. The molecular weight excluding hydrogens is 236 g/mol. The number of sulfone groups is 1. The maximum Gasteiger partial charge on any atom is 0.194 e. The van der Waals surface area contributed by atoms with Crippen molar-refractivity contribution in [1.29, 1.82) is 0 Å². The minimum atomic E-state index is -3.31. The first-order chi connectivity index (χ1) is 6.97. The van der Waals surface area contributed by atoms with Crippen molar-refractivity contribution in [2.75, 3.05) is 6.26 Å². The molecule has 0 amide bonds. The molecule has 0 N–H and O–H groups in total. The summed E-state index contributed by atoms with van der Waals surface area (Å²) in [7, 11) is -3.31. The number of nitrogens with zero attached hydrogens (tertiary/aromatic N) is 2. The second kappa shape index (κ2) is 3.43. The van der Waals surface area contributed by atoms with Crippen molar-refractivity contribution in [3.63, 3.8) is 0 Å². The van der Waals surface area contributed by atoms with Gasteiger partial charge in [0.2, 0.25) is 0 Å². The third kappa shape index (κ3) is 2.08. The molecule has 0 aliphatic rings. The maximum absolute atomic E-state index is 11.2. The van der Waals surface area contributed by atoms with E-state index in [4.69, 9.17) is 11.6 Å². The molecule has 15 heavy (non-hydrogen) atoms. The van der Waals surface area contributed by atoms with Crippen LogP contribution in [0.4, 0.5) is 0 Å². The second-order valence-electron chi connectivity index (χ2n) is 3.11. The molecule has 4 nitrogen and oxygen atoms in total. The summed E-state index contributed by atoms with van der Waals surface area (Å²) in [5.74, 6) is 0. The SMILES string of the molecule is CS(=O)(=O)c1cnc2cc(Cl)ccc2n1. The molecule has 2 rings (SSSR count). The molecule has 1 heterocycles. The molecular formula is C9H7ClN2O2S. The number of benzene rings is 1. The molecule has 0 aliphatic heterocycles. The van der Waals surface area contributed by atoms with Crippen molar-refractivity contribution in [1.82, 2.24) is 9.97 Å². The molecule has 0 radical (unpaired) electrons. The van der Waals surface area contributed by atoms with Crippen LogP contribution in [0.3, 0.4) is 0 Å². The zero-order valence-corrected chi connectivity index (χ0v) is 9.38. The van der Waals surface area contributed by atoms with Crippen LogP contribution in [0.1, 0.15) is 0 Å². The van der Waals surface area contributed by atoms with Crippen molar-refractivity contribution in [2.24, 2.45) is 0 Å². The van der Waals surface area contributed by atoms with Crippen LogP contribution in [-0.2, 0) is 9.84 Å². The smallest absolute Gasteiger partial charge is 0.194 e. The van der Waals surface area contributed by atoms with E-state index in [2.05, 4.69) is 9.97 Å². The Hall–Kier alpha value is -1.20. The predicted molar refractivity (Wildman–Crippen MR) is 57.7 cm³/mol. The Kier molecular flexibility index (Phi) is 2.36. The molecule has 0 saturated heterocycles. The van der Waals surface area contributed by atoms with Crippen LogP contribution in [-0.4, -0.2) is 24.6 Å². The summed E-state index contributed by atoms with van der Waals surface area (Å²) in [5, 5.41) is 0.515. The third-order valence-corrected chi connectivity index (χ3v) is 3.05. The van der Waals surface area contributed by atoms with Gasteiger partial charge in [-0.3, -0.25) is 4.98 Å². The van der Waals surface area contributed by atoms with Gasteiger partial charge in [-0.25, -0.2) is 13.4 Å². The largest absolute Gasteiger partial charge is 0.252 e. The summed E-state index contributed by atoms with van der Waals surface area (Å²) >= 11 is 5.76. The highest BCUT2D eigenvalue weighted by Crippen LogP contribution is 2.17. The predicted octanol–water partition coefficient (Wildman–Crippen LogP) is 1.69. The second-order valence-corrected chi connectivity index (χ2v) is 5.51. The minimum Gasteiger partial charge on any atom is -0.252 e. The highest BCUT2D eigenvalue weighted by molar-refractivity contribution is 7.90. The van der Waals surface area contributed by atoms with E-state index in [0.29, 0.717) is 16.1 Å². The molecule has 0 unspecified atom stereocenters. The summed E-state index contributed by atoms with van der Waals surface area (Å²) in [4.78, 5) is 7.96. The topological polar surface area (TPSA) is 59.9 Å². The maximum atomic E-state index is 11.2. The van der Waals surface area contributed by atoms with Crippen molar-refractivity contribution < 1.29 is 8.42 Å². The fraction of sp³-hybridized carbons (Fsp3) is 0.111. The minimum absolute atomic E-state index is 0.0303. The van der Waals surface area contributed by atoms with Gasteiger partial charge in [-0.1, -0.05) is 11.6 Å². The Bertz CT molecular complexity index is 625. The van der Waals surface area contributed by atoms with Gasteiger partial charge in [0.05, 0.1) is 17.2 Å². The zero-order valence-electron chi connectivity index (χ0n) is 7.81. The molecule has 78 valence electrons. The van der Waals surface area contributed by atoms with Gasteiger partial charge in [-0.05, 0) is 18.2 Å². The first kappa shape index (κ1) is 10.3. The number of aromatic nitrogens is 2. The number of hydrogen-bond acceptors (Lipinski definition) is 4. The van der Waals surface area contributed by atoms with Gasteiger partial charge < -0.3 is 0 Å². The average Bonchev–Trinajstić information content (AvgIpc) is 2.15. The quantitative estimate of drug-likeness (QED) is 0.764. The molecule has 0 atom stereocenters. The van der Waals surface area contributed by atoms with Gasteiger partial charge in [0.25, 0.3) is 0 Å². The van der Waals surface area contributed by atoms with Gasteiger partial charge in [-0.15, -0.1) is 0 Å². The molecule has 0 spiro atoms. The third-order valence-electron chi connectivity index (χ3n) is 1.86. The van der Waals surface area contributed by atoms with Gasteiger partial charge in [0.15, 0.2) is 14.9 Å². The van der Waals surface area contributed by atoms with Gasteiger partial charge in [0.1, 0.15) is 0 Å². The monoisotopic (exact) mass is 242 g/mol. The fourth-order valence-corrected chi connectivity index (χ4v) is 1.82. The summed E-state index contributed by atoms with van der Waals surface area (Å²) in [6, 6.07) is 4.92. The molecule has 0 saturated carbocycles. The lowest BCUT2D eigenvalue weighted by Gasteiger charge is -2.00. The van der Waals surface area contributed by atoms with Crippen molar-refractivity contribution in [3.8, 4) is 0 Å². The lowest BCUT2D eigenvalue weighted by Crippen LogP contribution is -2.01. The van der Waals surface area contributed by atoms with E-state index in [1.54, 1.807) is 18.2 Å². The van der Waals surface area contributed by atoms with E-state index >= 15 is 0 Å². The first-order valence-electron chi connectivity index (χ1n) is 4.09. The normalized spacial score (nSPS) is 11.9. The Balaban J connectivity index is 2.73. The lowest BCUT2D eigenvalue weighted by atomic mass is 10.3.